The van der Waals surface area contributed by atoms with Gasteiger partial charge in [-0.05, 0) is 29.5 Å². The van der Waals surface area contributed by atoms with E-state index in [0.29, 0.717) is 25.6 Å². The Morgan fingerprint density at radius 2 is 1.96 bits per heavy atom. The Morgan fingerprint density at radius 3 is 2.65 bits per heavy atom. The van der Waals surface area contributed by atoms with Crippen LogP contribution in [-0.2, 0) is 13.2 Å². The minimum atomic E-state index is 0.0729. The zero-order chi connectivity index (χ0) is 18.4. The van der Waals surface area contributed by atoms with E-state index in [-0.39, 0.29) is 5.91 Å². The molecule has 2 aromatic heterocycles. The standard InChI is InChI=1S/C20H22N2O2S2/c1-15(2)11-22(20(23)18-9-6-10-25-18)12-16-14-26-19(21-16)13-24-17-7-4-3-5-8-17/h3-10,14-15H,11-13H2,1-2H3. The van der Waals surface area contributed by atoms with E-state index in [9.17, 15) is 4.79 Å². The predicted octanol–water partition coefficient (Wildman–Crippen LogP) is 5.08. The van der Waals surface area contributed by atoms with E-state index >= 15 is 0 Å². The highest BCUT2D eigenvalue weighted by Crippen LogP contribution is 2.19. The number of hydrogen-bond acceptors (Lipinski definition) is 5. The van der Waals surface area contributed by atoms with Crippen LogP contribution in [0.25, 0.3) is 0 Å². The van der Waals surface area contributed by atoms with Gasteiger partial charge in [0.15, 0.2) is 0 Å². The summed E-state index contributed by atoms with van der Waals surface area (Å²) in [5.41, 5.74) is 0.909. The highest BCUT2D eigenvalue weighted by atomic mass is 32.1. The number of carbonyl (C=O) groups is 1. The van der Waals surface area contributed by atoms with E-state index in [4.69, 9.17) is 4.74 Å². The Morgan fingerprint density at radius 1 is 1.15 bits per heavy atom. The maximum Gasteiger partial charge on any atom is 0.264 e. The molecule has 1 amide bonds. The van der Waals surface area contributed by atoms with Gasteiger partial charge in [0.2, 0.25) is 0 Å². The molecule has 0 aliphatic carbocycles. The normalized spacial score (nSPS) is 10.9. The number of thiazole rings is 1. The van der Waals surface area contributed by atoms with Crippen molar-refractivity contribution in [2.75, 3.05) is 6.54 Å². The molecule has 0 aliphatic heterocycles. The zero-order valence-corrected chi connectivity index (χ0v) is 16.6. The quantitative estimate of drug-likeness (QED) is 0.542. The molecule has 2 heterocycles. The van der Waals surface area contributed by atoms with Crippen LogP contribution in [0.3, 0.4) is 0 Å². The van der Waals surface area contributed by atoms with Gasteiger partial charge in [0, 0.05) is 11.9 Å². The van der Waals surface area contributed by atoms with Crippen LogP contribution in [0.2, 0.25) is 0 Å². The molecule has 136 valence electrons. The predicted molar refractivity (Wildman–Crippen MR) is 107 cm³/mol. The molecule has 1 aromatic carbocycles. The van der Waals surface area contributed by atoms with Gasteiger partial charge in [-0.3, -0.25) is 4.79 Å². The van der Waals surface area contributed by atoms with E-state index in [1.54, 1.807) is 11.3 Å². The lowest BCUT2D eigenvalue weighted by Gasteiger charge is -2.23. The molecule has 4 nitrogen and oxygen atoms in total. The number of nitrogens with zero attached hydrogens (tertiary/aromatic N) is 2. The molecule has 0 N–H and O–H groups in total. The van der Waals surface area contributed by atoms with E-state index in [0.717, 1.165) is 21.3 Å². The fourth-order valence-electron chi connectivity index (χ4n) is 2.56. The molecule has 0 fully saturated rings. The number of amides is 1. The molecule has 26 heavy (non-hydrogen) atoms. The highest BCUT2D eigenvalue weighted by Gasteiger charge is 2.19. The highest BCUT2D eigenvalue weighted by molar-refractivity contribution is 7.12. The summed E-state index contributed by atoms with van der Waals surface area (Å²) in [4.78, 5) is 20.0. The molecular formula is C20H22N2O2S2. The molecule has 0 saturated heterocycles. The molecular weight excluding hydrogens is 364 g/mol. The van der Waals surface area contributed by atoms with Crippen LogP contribution in [0.4, 0.5) is 0 Å². The van der Waals surface area contributed by atoms with Gasteiger partial charge in [-0.2, -0.15) is 0 Å². The molecule has 0 radical (unpaired) electrons. The smallest absolute Gasteiger partial charge is 0.264 e. The summed E-state index contributed by atoms with van der Waals surface area (Å²) in [7, 11) is 0. The van der Waals surface area contributed by atoms with Crippen molar-refractivity contribution in [2.45, 2.75) is 27.0 Å². The van der Waals surface area contributed by atoms with Gasteiger partial charge < -0.3 is 9.64 Å². The van der Waals surface area contributed by atoms with Crippen molar-refractivity contribution in [3.63, 3.8) is 0 Å². The summed E-state index contributed by atoms with van der Waals surface area (Å²) in [6.45, 7) is 5.92. The Balaban J connectivity index is 1.63. The van der Waals surface area contributed by atoms with Gasteiger partial charge >= 0.3 is 0 Å². The molecule has 0 unspecified atom stereocenters. The summed E-state index contributed by atoms with van der Waals surface area (Å²) in [5.74, 6) is 1.31. The first-order chi connectivity index (χ1) is 12.6. The van der Waals surface area contributed by atoms with Gasteiger partial charge in [0.05, 0.1) is 17.1 Å². The maximum atomic E-state index is 12.8. The lowest BCUT2D eigenvalue weighted by Crippen LogP contribution is -2.33. The number of carbonyl (C=O) groups excluding carboxylic acids is 1. The average molecular weight is 387 g/mol. The van der Waals surface area contributed by atoms with Crippen LogP contribution in [0, 0.1) is 5.92 Å². The first kappa shape index (κ1) is 18.6. The Bertz CT molecular complexity index is 813. The SMILES string of the molecule is CC(C)CN(Cc1csc(COc2ccccc2)n1)C(=O)c1cccs1. The maximum absolute atomic E-state index is 12.8. The third-order valence-corrected chi connectivity index (χ3v) is 5.39. The number of aromatic nitrogens is 1. The van der Waals surface area contributed by atoms with Gasteiger partial charge in [0.1, 0.15) is 17.4 Å². The van der Waals surface area contributed by atoms with Crippen LogP contribution >= 0.6 is 22.7 Å². The topological polar surface area (TPSA) is 42.4 Å². The second kappa shape index (κ2) is 8.96. The first-order valence-electron chi connectivity index (χ1n) is 8.55. The molecule has 3 aromatic rings. The average Bonchev–Trinajstić information content (AvgIpc) is 3.31. The van der Waals surface area contributed by atoms with Crippen molar-refractivity contribution in [3.05, 3.63) is 68.8 Å². The molecule has 0 saturated carbocycles. The summed E-state index contributed by atoms with van der Waals surface area (Å²) in [6, 6.07) is 13.5. The van der Waals surface area contributed by atoms with Crippen LogP contribution in [-0.4, -0.2) is 22.3 Å². The monoisotopic (exact) mass is 386 g/mol. The molecule has 0 atom stereocenters. The number of benzene rings is 1. The molecule has 0 spiro atoms. The van der Waals surface area contributed by atoms with Crippen molar-refractivity contribution in [1.29, 1.82) is 0 Å². The third kappa shape index (κ3) is 5.16. The number of rotatable bonds is 8. The molecule has 3 rings (SSSR count). The van der Waals surface area contributed by atoms with Crippen molar-refractivity contribution < 1.29 is 9.53 Å². The van der Waals surface area contributed by atoms with E-state index in [1.807, 2.05) is 58.1 Å². The van der Waals surface area contributed by atoms with Gasteiger partial charge in [-0.25, -0.2) is 4.98 Å². The van der Waals surface area contributed by atoms with E-state index in [2.05, 4.69) is 18.8 Å². The summed E-state index contributed by atoms with van der Waals surface area (Å²) in [5, 5.41) is 4.86. The summed E-state index contributed by atoms with van der Waals surface area (Å²) in [6.07, 6.45) is 0. The van der Waals surface area contributed by atoms with E-state index in [1.165, 1.54) is 11.3 Å². The van der Waals surface area contributed by atoms with Crippen LogP contribution in [0.15, 0.2) is 53.2 Å². The van der Waals surface area contributed by atoms with Gasteiger partial charge in [-0.1, -0.05) is 38.1 Å². The fourth-order valence-corrected chi connectivity index (χ4v) is 3.95. The molecule has 6 heteroatoms. The van der Waals surface area contributed by atoms with Crippen molar-refractivity contribution in [3.8, 4) is 5.75 Å². The number of para-hydroxylation sites is 1. The second-order valence-electron chi connectivity index (χ2n) is 6.39. The summed E-state index contributed by atoms with van der Waals surface area (Å²) >= 11 is 3.05. The second-order valence-corrected chi connectivity index (χ2v) is 8.28. The van der Waals surface area contributed by atoms with Crippen molar-refractivity contribution >= 4 is 28.6 Å². The fraction of sp³-hybridized carbons (Fsp3) is 0.300. The van der Waals surface area contributed by atoms with Crippen LogP contribution in [0.5, 0.6) is 5.75 Å². The van der Waals surface area contributed by atoms with Crippen LogP contribution in [0.1, 0.15) is 34.2 Å². The minimum absolute atomic E-state index is 0.0729. The van der Waals surface area contributed by atoms with E-state index < -0.39 is 0 Å². The lowest BCUT2D eigenvalue weighted by atomic mass is 10.2. The molecule has 0 aliphatic rings. The van der Waals surface area contributed by atoms with Crippen molar-refractivity contribution in [1.82, 2.24) is 9.88 Å². The lowest BCUT2D eigenvalue weighted by molar-refractivity contribution is 0.0725. The third-order valence-electron chi connectivity index (χ3n) is 3.66. The van der Waals surface area contributed by atoms with Gasteiger partial charge in [-0.15, -0.1) is 22.7 Å². The Labute approximate surface area is 162 Å². The van der Waals surface area contributed by atoms with Crippen LogP contribution < -0.4 is 4.74 Å². The largest absolute Gasteiger partial charge is 0.486 e. The summed E-state index contributed by atoms with van der Waals surface area (Å²) < 4.78 is 5.75. The first-order valence-corrected chi connectivity index (χ1v) is 10.3. The van der Waals surface area contributed by atoms with Crippen molar-refractivity contribution in [2.24, 2.45) is 5.92 Å². The van der Waals surface area contributed by atoms with Gasteiger partial charge in [0.25, 0.3) is 5.91 Å². The number of ether oxygens (including phenoxy) is 1. The zero-order valence-electron chi connectivity index (χ0n) is 14.9. The minimum Gasteiger partial charge on any atom is -0.486 e. The Hall–Kier alpha value is -2.18. The number of hydrogen-bond donors (Lipinski definition) is 0. The molecule has 0 bridgehead atoms. The Kier molecular flexibility index (Phi) is 6.41. The number of thiophene rings is 1.